The van der Waals surface area contributed by atoms with Gasteiger partial charge in [0, 0.05) is 45.4 Å². The molecular formula is C26H31N3O3S. The zero-order chi connectivity index (χ0) is 23.5. The van der Waals surface area contributed by atoms with Gasteiger partial charge in [-0.2, -0.15) is 0 Å². The second-order valence-corrected chi connectivity index (χ2v) is 11.7. The maximum absolute atomic E-state index is 13.2. The highest BCUT2D eigenvalue weighted by atomic mass is 32.1. The Bertz CT molecular complexity index is 1260. The summed E-state index contributed by atoms with van der Waals surface area (Å²) in [4.78, 5) is 27.6. The topological polar surface area (TPSA) is 97.3 Å². The molecule has 1 fully saturated rings. The predicted molar refractivity (Wildman–Crippen MR) is 133 cm³/mol. The molecule has 2 aliphatic carbocycles. The van der Waals surface area contributed by atoms with Crippen molar-refractivity contribution in [3.8, 4) is 5.69 Å². The summed E-state index contributed by atoms with van der Waals surface area (Å²) in [5.74, 6) is -0.265. The second kappa shape index (κ2) is 7.99. The number of hydrogen-bond acceptors (Lipinski definition) is 5. The van der Waals surface area contributed by atoms with E-state index in [-0.39, 0.29) is 23.3 Å². The van der Waals surface area contributed by atoms with Gasteiger partial charge in [-0.05, 0) is 68.7 Å². The van der Waals surface area contributed by atoms with E-state index in [0.29, 0.717) is 17.7 Å². The van der Waals surface area contributed by atoms with E-state index in [1.54, 1.807) is 17.4 Å². The minimum absolute atomic E-state index is 0.103. The van der Waals surface area contributed by atoms with E-state index in [2.05, 4.69) is 36.7 Å². The third-order valence-electron chi connectivity index (χ3n) is 7.01. The minimum atomic E-state index is -0.470. The van der Waals surface area contributed by atoms with Crippen LogP contribution in [-0.2, 0) is 6.42 Å². The van der Waals surface area contributed by atoms with Gasteiger partial charge in [0.1, 0.15) is 4.83 Å². The molecule has 33 heavy (non-hydrogen) atoms. The number of primary amides is 1. The van der Waals surface area contributed by atoms with E-state index in [4.69, 9.17) is 5.73 Å². The number of rotatable bonds is 4. The lowest BCUT2D eigenvalue weighted by Crippen LogP contribution is -2.29. The van der Waals surface area contributed by atoms with Crippen LogP contribution in [-0.4, -0.2) is 33.5 Å². The number of nitrogens with one attached hydrogen (secondary N) is 1. The number of Topliss-reactive ketones (excluding diaryl/α,β-unsaturated/α-hetero) is 1. The molecule has 1 aromatic carbocycles. The summed E-state index contributed by atoms with van der Waals surface area (Å²) in [6.45, 7) is 6.36. The summed E-state index contributed by atoms with van der Waals surface area (Å²) < 4.78 is 2.21. The molecule has 0 bridgehead atoms. The number of aromatic nitrogens is 1. The highest BCUT2D eigenvalue weighted by molar-refractivity contribution is 7.18. The molecule has 0 radical (unpaired) electrons. The van der Waals surface area contributed by atoms with E-state index in [1.165, 1.54) is 4.88 Å². The SMILES string of the molecule is Cc1cc2c3c(n(-c4ccc(C(N)=O)c(NC5CCC(O)CC5)c4)c2s1)CC(C)(C)CC3=O. The first-order valence-corrected chi connectivity index (χ1v) is 12.5. The molecule has 7 heteroatoms. The van der Waals surface area contributed by atoms with Gasteiger partial charge in [0.2, 0.25) is 0 Å². The number of aliphatic hydroxyl groups excluding tert-OH is 1. The Morgan fingerprint density at radius 1 is 1.18 bits per heavy atom. The number of fused-ring (bicyclic) bond motifs is 3. The zero-order valence-electron chi connectivity index (χ0n) is 19.4. The average Bonchev–Trinajstić information content (AvgIpc) is 3.22. The number of nitrogens with zero attached hydrogens (tertiary/aromatic N) is 1. The van der Waals surface area contributed by atoms with Crippen molar-refractivity contribution in [2.24, 2.45) is 11.1 Å². The number of nitrogens with two attached hydrogens (primary N) is 1. The number of amides is 1. The summed E-state index contributed by atoms with van der Waals surface area (Å²) in [5, 5.41) is 14.4. The van der Waals surface area contributed by atoms with Gasteiger partial charge in [0.25, 0.3) is 5.91 Å². The first-order chi connectivity index (χ1) is 15.6. The summed E-state index contributed by atoms with van der Waals surface area (Å²) >= 11 is 1.69. The van der Waals surface area contributed by atoms with Crippen molar-refractivity contribution >= 4 is 38.9 Å². The van der Waals surface area contributed by atoms with Gasteiger partial charge in [-0.15, -0.1) is 11.3 Å². The van der Waals surface area contributed by atoms with E-state index < -0.39 is 5.91 Å². The van der Waals surface area contributed by atoms with Crippen LogP contribution in [0.3, 0.4) is 0 Å². The second-order valence-electron chi connectivity index (χ2n) is 10.4. The first kappa shape index (κ1) is 22.2. The fourth-order valence-corrected chi connectivity index (χ4v) is 6.53. The Hall–Kier alpha value is -2.64. The van der Waals surface area contributed by atoms with Crippen molar-refractivity contribution in [1.29, 1.82) is 0 Å². The molecule has 3 aromatic rings. The van der Waals surface area contributed by atoms with Gasteiger partial charge >= 0.3 is 0 Å². The van der Waals surface area contributed by atoms with E-state index in [1.807, 2.05) is 12.1 Å². The smallest absolute Gasteiger partial charge is 0.250 e. The quantitative estimate of drug-likeness (QED) is 0.507. The minimum Gasteiger partial charge on any atom is -0.393 e. The van der Waals surface area contributed by atoms with Crippen molar-refractivity contribution in [1.82, 2.24) is 4.57 Å². The Morgan fingerprint density at radius 2 is 1.91 bits per heavy atom. The lowest BCUT2D eigenvalue weighted by Gasteiger charge is -2.30. The van der Waals surface area contributed by atoms with E-state index >= 15 is 0 Å². The zero-order valence-corrected chi connectivity index (χ0v) is 20.2. The molecule has 174 valence electrons. The van der Waals surface area contributed by atoms with Crippen LogP contribution < -0.4 is 11.1 Å². The number of benzene rings is 1. The number of thiophene rings is 1. The first-order valence-electron chi connectivity index (χ1n) is 11.7. The molecule has 5 rings (SSSR count). The Labute approximate surface area is 197 Å². The fourth-order valence-electron chi connectivity index (χ4n) is 5.47. The molecule has 0 aliphatic heterocycles. The number of carbonyl (C=O) groups is 2. The summed E-state index contributed by atoms with van der Waals surface area (Å²) in [6, 6.07) is 8.01. The lowest BCUT2D eigenvalue weighted by molar-refractivity contribution is 0.0911. The molecule has 0 spiro atoms. The number of aryl methyl sites for hydroxylation is 1. The van der Waals surface area contributed by atoms with Crippen molar-refractivity contribution in [3.63, 3.8) is 0 Å². The van der Waals surface area contributed by atoms with Crippen molar-refractivity contribution < 1.29 is 14.7 Å². The van der Waals surface area contributed by atoms with Crippen LogP contribution in [0.1, 0.15) is 77.2 Å². The number of ketones is 1. The lowest BCUT2D eigenvalue weighted by atomic mass is 9.76. The monoisotopic (exact) mass is 465 g/mol. The third-order valence-corrected chi connectivity index (χ3v) is 8.05. The molecule has 1 saturated carbocycles. The third kappa shape index (κ3) is 3.97. The maximum atomic E-state index is 13.2. The molecule has 0 saturated heterocycles. The summed E-state index contributed by atoms with van der Waals surface area (Å²) in [5.41, 5.74) is 9.60. The van der Waals surface area contributed by atoms with Crippen molar-refractivity contribution in [2.45, 2.75) is 71.4 Å². The Kier molecular flexibility index (Phi) is 5.37. The average molecular weight is 466 g/mol. The standard InChI is InChI=1S/C26H31N3O3S/c1-14-10-19-23-21(12-26(2,3)13-22(23)31)29(25(19)33-14)16-6-9-18(24(27)32)20(11-16)28-15-4-7-17(30)8-5-15/h6,9-11,15,17,28,30H,4-5,7-8,12-13H2,1-3H3,(H2,27,32). The highest BCUT2D eigenvalue weighted by Crippen LogP contribution is 2.44. The normalized spacial score (nSPS) is 22.4. The van der Waals surface area contributed by atoms with Crippen LogP contribution in [0.25, 0.3) is 15.9 Å². The molecule has 0 atom stereocenters. The van der Waals surface area contributed by atoms with Crippen molar-refractivity contribution in [2.75, 3.05) is 5.32 Å². The molecular weight excluding hydrogens is 434 g/mol. The molecule has 2 aromatic heterocycles. The summed E-state index contributed by atoms with van der Waals surface area (Å²) in [7, 11) is 0. The number of carbonyl (C=O) groups excluding carboxylic acids is 2. The molecule has 0 unspecified atom stereocenters. The highest BCUT2D eigenvalue weighted by Gasteiger charge is 2.36. The molecule has 6 nitrogen and oxygen atoms in total. The van der Waals surface area contributed by atoms with Gasteiger partial charge in [0.15, 0.2) is 5.78 Å². The van der Waals surface area contributed by atoms with Crippen LogP contribution in [0, 0.1) is 12.3 Å². The van der Waals surface area contributed by atoms with E-state index in [9.17, 15) is 14.7 Å². The molecule has 2 aliphatic rings. The fraction of sp³-hybridized carbons (Fsp3) is 0.462. The number of hydrogen-bond donors (Lipinski definition) is 3. The predicted octanol–water partition coefficient (Wildman–Crippen LogP) is 4.97. The largest absolute Gasteiger partial charge is 0.393 e. The Balaban J connectivity index is 1.65. The van der Waals surface area contributed by atoms with Crippen LogP contribution >= 0.6 is 11.3 Å². The van der Waals surface area contributed by atoms with Gasteiger partial charge in [-0.3, -0.25) is 9.59 Å². The summed E-state index contributed by atoms with van der Waals surface area (Å²) in [6.07, 6.45) is 4.32. The van der Waals surface area contributed by atoms with Crippen LogP contribution in [0.4, 0.5) is 5.69 Å². The van der Waals surface area contributed by atoms with Crippen LogP contribution in [0.15, 0.2) is 24.3 Å². The number of anilines is 1. The van der Waals surface area contributed by atoms with Gasteiger partial charge in [-0.25, -0.2) is 0 Å². The number of aliphatic hydroxyl groups is 1. The van der Waals surface area contributed by atoms with Gasteiger partial charge in [0.05, 0.1) is 11.7 Å². The van der Waals surface area contributed by atoms with Gasteiger partial charge < -0.3 is 20.7 Å². The maximum Gasteiger partial charge on any atom is 0.250 e. The molecule has 2 heterocycles. The molecule has 4 N–H and O–H groups in total. The van der Waals surface area contributed by atoms with Gasteiger partial charge in [-0.1, -0.05) is 13.8 Å². The van der Waals surface area contributed by atoms with Crippen LogP contribution in [0.5, 0.6) is 0 Å². The van der Waals surface area contributed by atoms with E-state index in [0.717, 1.165) is 59.3 Å². The van der Waals surface area contributed by atoms with Crippen molar-refractivity contribution in [3.05, 3.63) is 46.0 Å². The van der Waals surface area contributed by atoms with Crippen LogP contribution in [0.2, 0.25) is 0 Å². The molecule has 1 amide bonds. The Morgan fingerprint density at radius 3 is 2.61 bits per heavy atom.